The van der Waals surface area contributed by atoms with Crippen LogP contribution in [0.2, 0.25) is 0 Å². The zero-order valence-electron chi connectivity index (χ0n) is 12.3. The standard InChI is InChI=1S/C13H15N3O6S/c1-6-14-15-9(21-6)4-2-3-8-11(22-13(19)20)16-10(18)7(5-17)12(16)23-8/h7,12,17H,2-5H2,1H3,(H,19,20)/t7-,12+/m0/s1. The lowest BCUT2D eigenvalue weighted by atomic mass is 10.00. The second-order valence-corrected chi connectivity index (χ2v) is 6.38. The summed E-state index contributed by atoms with van der Waals surface area (Å²) in [7, 11) is 0. The molecule has 124 valence electrons. The van der Waals surface area contributed by atoms with E-state index in [0.717, 1.165) is 0 Å². The highest BCUT2D eigenvalue weighted by molar-refractivity contribution is 8.04. The summed E-state index contributed by atoms with van der Waals surface area (Å²) in [6.07, 6.45) is 0.251. The first-order chi connectivity index (χ1) is 11.0. The van der Waals surface area contributed by atoms with Crippen molar-refractivity contribution in [3.63, 3.8) is 0 Å². The maximum absolute atomic E-state index is 11.9. The molecule has 2 aliphatic rings. The van der Waals surface area contributed by atoms with Gasteiger partial charge in [0.05, 0.1) is 12.5 Å². The molecular formula is C13H15N3O6S. The third kappa shape index (κ3) is 2.91. The Balaban J connectivity index is 1.67. The Bertz CT molecular complexity index is 672. The van der Waals surface area contributed by atoms with Gasteiger partial charge >= 0.3 is 6.16 Å². The van der Waals surface area contributed by atoms with Crippen LogP contribution >= 0.6 is 11.8 Å². The SMILES string of the molecule is Cc1nnc(CCCC2=C(OC(=O)O)N3C(=O)[C@H](CO)[C@H]3S2)o1. The lowest BCUT2D eigenvalue weighted by molar-refractivity contribution is -0.151. The predicted molar refractivity (Wildman–Crippen MR) is 76.9 cm³/mol. The molecule has 2 N–H and O–H groups in total. The van der Waals surface area contributed by atoms with Gasteiger partial charge in [-0.3, -0.25) is 9.69 Å². The molecule has 3 rings (SSSR count). The van der Waals surface area contributed by atoms with Gasteiger partial charge in [0, 0.05) is 18.2 Å². The number of hydrogen-bond acceptors (Lipinski definition) is 8. The van der Waals surface area contributed by atoms with Crippen molar-refractivity contribution in [1.29, 1.82) is 0 Å². The van der Waals surface area contributed by atoms with Gasteiger partial charge in [0.1, 0.15) is 5.37 Å². The zero-order valence-corrected chi connectivity index (χ0v) is 13.1. The summed E-state index contributed by atoms with van der Waals surface area (Å²) in [6, 6.07) is 0. The average molecular weight is 341 g/mol. The average Bonchev–Trinajstić information content (AvgIpc) is 3.02. The molecule has 0 radical (unpaired) electrons. The Kier molecular flexibility index (Phi) is 4.26. The second kappa shape index (κ2) is 6.20. The van der Waals surface area contributed by atoms with Crippen molar-refractivity contribution < 1.29 is 29.0 Å². The number of aromatic nitrogens is 2. The Morgan fingerprint density at radius 3 is 2.83 bits per heavy atom. The summed E-state index contributed by atoms with van der Waals surface area (Å²) in [5.74, 6) is 0.237. The zero-order chi connectivity index (χ0) is 16.6. The second-order valence-electron chi connectivity index (χ2n) is 5.17. The summed E-state index contributed by atoms with van der Waals surface area (Å²) >= 11 is 1.36. The van der Waals surface area contributed by atoms with E-state index in [2.05, 4.69) is 10.2 Å². The van der Waals surface area contributed by atoms with Crippen LogP contribution in [0.4, 0.5) is 4.79 Å². The topological polar surface area (TPSA) is 126 Å². The van der Waals surface area contributed by atoms with Gasteiger partial charge in [0.2, 0.25) is 23.6 Å². The van der Waals surface area contributed by atoms with E-state index >= 15 is 0 Å². The molecule has 0 aliphatic carbocycles. The number of carboxylic acid groups (broad SMARTS) is 1. The smallest absolute Gasteiger partial charge is 0.449 e. The summed E-state index contributed by atoms with van der Waals surface area (Å²) in [5, 5.41) is 25.4. The molecule has 2 atom stereocenters. The molecule has 0 bridgehead atoms. The van der Waals surface area contributed by atoms with Crippen molar-refractivity contribution in [2.75, 3.05) is 6.61 Å². The molecule has 0 spiro atoms. The van der Waals surface area contributed by atoms with Crippen molar-refractivity contribution in [3.8, 4) is 0 Å². The minimum absolute atomic E-state index is 0.0592. The highest BCUT2D eigenvalue weighted by Gasteiger charge is 2.55. The van der Waals surface area contributed by atoms with Crippen molar-refractivity contribution in [2.24, 2.45) is 5.92 Å². The van der Waals surface area contributed by atoms with Crippen molar-refractivity contribution in [2.45, 2.75) is 31.6 Å². The summed E-state index contributed by atoms with van der Waals surface area (Å²) in [5.41, 5.74) is 0. The van der Waals surface area contributed by atoms with Crippen LogP contribution in [0.5, 0.6) is 0 Å². The fourth-order valence-corrected chi connectivity index (χ4v) is 4.03. The highest BCUT2D eigenvalue weighted by Crippen LogP contribution is 2.50. The summed E-state index contributed by atoms with van der Waals surface area (Å²) in [4.78, 5) is 24.7. The number of aryl methyl sites for hydroxylation is 2. The quantitative estimate of drug-likeness (QED) is 0.577. The van der Waals surface area contributed by atoms with Gasteiger partial charge in [0.15, 0.2) is 0 Å². The van der Waals surface area contributed by atoms with Crippen LogP contribution in [0.3, 0.4) is 0 Å². The molecule has 1 aromatic rings. The highest BCUT2D eigenvalue weighted by atomic mass is 32.2. The Morgan fingerprint density at radius 1 is 1.43 bits per heavy atom. The molecule has 0 unspecified atom stereocenters. The lowest BCUT2D eigenvalue weighted by Crippen LogP contribution is -2.58. The normalized spacial score (nSPS) is 23.0. The Hall–Kier alpha value is -2.07. The number of carbonyl (C=O) groups is 2. The third-order valence-corrected chi connectivity index (χ3v) is 5.06. The van der Waals surface area contributed by atoms with E-state index in [1.165, 1.54) is 16.7 Å². The third-order valence-electron chi connectivity index (χ3n) is 3.62. The van der Waals surface area contributed by atoms with Gasteiger partial charge in [0.25, 0.3) is 0 Å². The molecule has 23 heavy (non-hydrogen) atoms. The van der Waals surface area contributed by atoms with Gasteiger partial charge in [-0.1, -0.05) is 11.8 Å². The molecule has 9 nitrogen and oxygen atoms in total. The first-order valence-corrected chi connectivity index (χ1v) is 7.92. The number of aliphatic hydroxyl groups excluding tert-OH is 1. The number of rotatable bonds is 6. The van der Waals surface area contributed by atoms with Crippen LogP contribution in [0.25, 0.3) is 0 Å². The minimum atomic E-state index is -1.47. The number of nitrogens with zero attached hydrogens (tertiary/aromatic N) is 3. The predicted octanol–water partition coefficient (Wildman–Crippen LogP) is 1.09. The van der Waals surface area contributed by atoms with Gasteiger partial charge in [-0.05, 0) is 12.8 Å². The van der Waals surface area contributed by atoms with Gasteiger partial charge in [-0.25, -0.2) is 4.79 Å². The van der Waals surface area contributed by atoms with Crippen LogP contribution in [0.1, 0.15) is 24.6 Å². The maximum Gasteiger partial charge on any atom is 0.512 e. The molecule has 1 amide bonds. The molecule has 0 saturated carbocycles. The fourth-order valence-electron chi connectivity index (χ4n) is 2.57. The Morgan fingerprint density at radius 2 is 2.22 bits per heavy atom. The number of thioether (sulfide) groups is 1. The van der Waals surface area contributed by atoms with E-state index in [9.17, 15) is 14.7 Å². The number of aliphatic hydroxyl groups is 1. The molecule has 2 aliphatic heterocycles. The number of allylic oxidation sites excluding steroid dienone is 1. The number of hydrogen-bond donors (Lipinski definition) is 2. The van der Waals surface area contributed by atoms with E-state index in [4.69, 9.17) is 14.3 Å². The first kappa shape index (κ1) is 15.8. The first-order valence-electron chi connectivity index (χ1n) is 7.04. The van der Waals surface area contributed by atoms with E-state index in [1.807, 2.05) is 0 Å². The summed E-state index contributed by atoms with van der Waals surface area (Å²) < 4.78 is 10.1. The molecule has 1 fully saturated rings. The molecular weight excluding hydrogens is 326 g/mol. The Labute approximate surface area is 135 Å². The van der Waals surface area contributed by atoms with E-state index in [-0.39, 0.29) is 23.8 Å². The number of carbonyl (C=O) groups excluding carboxylic acids is 1. The van der Waals surface area contributed by atoms with Crippen LogP contribution in [0.15, 0.2) is 15.2 Å². The van der Waals surface area contributed by atoms with E-state index in [1.54, 1.807) is 6.92 Å². The number of fused-ring (bicyclic) bond motifs is 1. The van der Waals surface area contributed by atoms with Crippen LogP contribution in [0, 0.1) is 12.8 Å². The number of ether oxygens (including phenoxy) is 1. The van der Waals surface area contributed by atoms with E-state index < -0.39 is 12.1 Å². The number of amides is 1. The van der Waals surface area contributed by atoms with Gasteiger partial charge < -0.3 is 19.4 Å². The van der Waals surface area contributed by atoms with Gasteiger partial charge in [-0.15, -0.1) is 10.2 Å². The monoisotopic (exact) mass is 341 g/mol. The van der Waals surface area contributed by atoms with Crippen molar-refractivity contribution in [1.82, 2.24) is 15.1 Å². The van der Waals surface area contributed by atoms with Crippen LogP contribution in [-0.2, 0) is 16.0 Å². The molecule has 10 heteroatoms. The fraction of sp³-hybridized carbons (Fsp3) is 0.538. The lowest BCUT2D eigenvalue weighted by Gasteiger charge is -2.40. The van der Waals surface area contributed by atoms with Gasteiger partial charge in [-0.2, -0.15) is 0 Å². The largest absolute Gasteiger partial charge is 0.512 e. The molecule has 1 saturated heterocycles. The molecule has 0 aromatic carbocycles. The maximum atomic E-state index is 11.9. The van der Waals surface area contributed by atoms with Crippen LogP contribution in [-0.4, -0.2) is 49.4 Å². The van der Waals surface area contributed by atoms with Crippen LogP contribution < -0.4 is 0 Å². The van der Waals surface area contributed by atoms with E-state index in [0.29, 0.717) is 35.9 Å². The number of β-lactam (4-membered cyclic amide) rings is 1. The molecule has 3 heterocycles. The van der Waals surface area contributed by atoms with Crippen molar-refractivity contribution in [3.05, 3.63) is 22.6 Å². The minimum Gasteiger partial charge on any atom is -0.449 e. The van der Waals surface area contributed by atoms with Crippen molar-refractivity contribution >= 4 is 23.8 Å². The molecule has 1 aromatic heterocycles. The summed E-state index contributed by atoms with van der Waals surface area (Å²) in [6.45, 7) is 1.44.